The Balaban J connectivity index is 2.19. The number of nitrogens with zero attached hydrogens (tertiary/aromatic N) is 1. The van der Waals surface area contributed by atoms with Gasteiger partial charge in [-0.25, -0.2) is 0 Å². The molecule has 1 fully saturated rings. The molecule has 1 heterocycles. The van der Waals surface area contributed by atoms with Gasteiger partial charge < -0.3 is 24.8 Å². The molecule has 6 heteroatoms. The lowest BCUT2D eigenvalue weighted by Gasteiger charge is -2.21. The Morgan fingerprint density at radius 1 is 1.29 bits per heavy atom. The highest BCUT2D eigenvalue weighted by atomic mass is 16.5. The summed E-state index contributed by atoms with van der Waals surface area (Å²) in [7, 11) is 1.68. The highest BCUT2D eigenvalue weighted by Crippen LogP contribution is 2.24. The molecule has 1 unspecified atom stereocenters. The summed E-state index contributed by atoms with van der Waals surface area (Å²) in [4.78, 5) is 4.62. The molecule has 6 nitrogen and oxygen atoms in total. The van der Waals surface area contributed by atoms with Gasteiger partial charge in [-0.15, -0.1) is 0 Å². The third-order valence-electron chi connectivity index (χ3n) is 3.41. The smallest absolute Gasteiger partial charge is 0.191 e. The van der Waals surface area contributed by atoms with Gasteiger partial charge >= 0.3 is 0 Å². The van der Waals surface area contributed by atoms with E-state index >= 15 is 0 Å². The van der Waals surface area contributed by atoms with Gasteiger partial charge in [-0.2, -0.15) is 0 Å². The predicted molar refractivity (Wildman–Crippen MR) is 84.9 cm³/mol. The Morgan fingerprint density at radius 2 is 2.14 bits per heavy atom. The number of rotatable bonds is 10. The number of hydrogen-bond acceptors (Lipinski definition) is 4. The van der Waals surface area contributed by atoms with Gasteiger partial charge in [-0.3, -0.25) is 4.99 Å². The van der Waals surface area contributed by atoms with Crippen LogP contribution >= 0.6 is 0 Å². The van der Waals surface area contributed by atoms with Gasteiger partial charge in [0.25, 0.3) is 0 Å². The molecular formula is C15H31N3O3. The van der Waals surface area contributed by atoms with E-state index < -0.39 is 0 Å². The van der Waals surface area contributed by atoms with Crippen LogP contribution in [-0.2, 0) is 14.2 Å². The minimum atomic E-state index is -0.0917. The van der Waals surface area contributed by atoms with Crippen molar-refractivity contribution in [2.75, 3.05) is 53.2 Å². The maximum atomic E-state index is 5.76. The van der Waals surface area contributed by atoms with Gasteiger partial charge in [0.1, 0.15) is 0 Å². The molecule has 0 saturated carbocycles. The van der Waals surface area contributed by atoms with Gasteiger partial charge in [0, 0.05) is 33.4 Å². The highest BCUT2D eigenvalue weighted by molar-refractivity contribution is 5.79. The number of ether oxygens (including phenoxy) is 3. The van der Waals surface area contributed by atoms with Crippen molar-refractivity contribution in [3.8, 4) is 0 Å². The third-order valence-corrected chi connectivity index (χ3v) is 3.41. The van der Waals surface area contributed by atoms with Crippen LogP contribution in [0, 0.1) is 0 Å². The SMILES string of the molecule is CCNC(=NCC1(C)CCCO1)NCCCOCCOC. The molecule has 124 valence electrons. The zero-order valence-corrected chi connectivity index (χ0v) is 13.7. The number of hydrogen-bond donors (Lipinski definition) is 2. The molecule has 0 aliphatic carbocycles. The van der Waals surface area contributed by atoms with E-state index in [-0.39, 0.29) is 5.60 Å². The molecule has 0 aromatic heterocycles. The summed E-state index contributed by atoms with van der Waals surface area (Å²) in [6, 6.07) is 0. The average Bonchev–Trinajstić information content (AvgIpc) is 2.91. The quantitative estimate of drug-likeness (QED) is 0.360. The van der Waals surface area contributed by atoms with Crippen LogP contribution in [0.3, 0.4) is 0 Å². The minimum Gasteiger partial charge on any atom is -0.382 e. The molecule has 0 amide bonds. The van der Waals surface area contributed by atoms with Crippen LogP contribution in [0.25, 0.3) is 0 Å². The zero-order chi connectivity index (χ0) is 15.4. The molecule has 0 radical (unpaired) electrons. The normalized spacial score (nSPS) is 22.5. The van der Waals surface area contributed by atoms with Crippen LogP contribution in [0.1, 0.15) is 33.1 Å². The van der Waals surface area contributed by atoms with Crippen molar-refractivity contribution in [3.05, 3.63) is 0 Å². The standard InChI is InChI=1S/C15H31N3O3/c1-4-16-14(17-8-6-9-20-12-11-19-3)18-13-15(2)7-5-10-21-15/h4-13H2,1-3H3,(H2,16,17,18). The molecule has 1 rings (SSSR count). The van der Waals surface area contributed by atoms with Crippen molar-refractivity contribution in [2.45, 2.75) is 38.7 Å². The van der Waals surface area contributed by atoms with Crippen LogP contribution in [0.2, 0.25) is 0 Å². The summed E-state index contributed by atoms with van der Waals surface area (Å²) in [6.45, 7) is 9.49. The molecule has 2 N–H and O–H groups in total. The van der Waals surface area contributed by atoms with E-state index in [1.807, 2.05) is 0 Å². The lowest BCUT2D eigenvalue weighted by molar-refractivity contribution is 0.0283. The number of nitrogens with one attached hydrogen (secondary N) is 2. The van der Waals surface area contributed by atoms with E-state index in [1.165, 1.54) is 0 Å². The molecule has 0 bridgehead atoms. The van der Waals surface area contributed by atoms with Crippen LogP contribution in [0.5, 0.6) is 0 Å². The summed E-state index contributed by atoms with van der Waals surface area (Å²) >= 11 is 0. The fraction of sp³-hybridized carbons (Fsp3) is 0.933. The van der Waals surface area contributed by atoms with Gasteiger partial charge in [0.15, 0.2) is 5.96 Å². The van der Waals surface area contributed by atoms with Crippen molar-refractivity contribution < 1.29 is 14.2 Å². The second-order valence-electron chi connectivity index (χ2n) is 5.48. The predicted octanol–water partition coefficient (Wildman–Crippen LogP) is 1.16. The summed E-state index contributed by atoms with van der Waals surface area (Å²) in [6.07, 6.45) is 3.17. The molecule has 21 heavy (non-hydrogen) atoms. The fourth-order valence-electron chi connectivity index (χ4n) is 2.17. The van der Waals surface area contributed by atoms with Gasteiger partial charge in [0.05, 0.1) is 25.4 Å². The summed E-state index contributed by atoms with van der Waals surface area (Å²) < 4.78 is 16.1. The lowest BCUT2D eigenvalue weighted by Crippen LogP contribution is -2.39. The molecule has 0 aromatic carbocycles. The first-order valence-electron chi connectivity index (χ1n) is 7.93. The molecule has 1 atom stereocenters. The molecule has 1 saturated heterocycles. The van der Waals surface area contributed by atoms with E-state index in [0.29, 0.717) is 19.8 Å². The highest BCUT2D eigenvalue weighted by Gasteiger charge is 2.29. The van der Waals surface area contributed by atoms with E-state index in [1.54, 1.807) is 7.11 Å². The van der Waals surface area contributed by atoms with E-state index in [2.05, 4.69) is 29.5 Å². The number of methoxy groups -OCH3 is 1. The van der Waals surface area contributed by atoms with Crippen LogP contribution < -0.4 is 10.6 Å². The second kappa shape index (κ2) is 10.8. The maximum absolute atomic E-state index is 5.76. The Bertz CT molecular complexity index is 292. The third kappa shape index (κ3) is 8.24. The zero-order valence-electron chi connectivity index (χ0n) is 13.7. The second-order valence-corrected chi connectivity index (χ2v) is 5.48. The first-order chi connectivity index (χ1) is 10.2. The van der Waals surface area contributed by atoms with Crippen molar-refractivity contribution in [3.63, 3.8) is 0 Å². The van der Waals surface area contributed by atoms with E-state index in [9.17, 15) is 0 Å². The van der Waals surface area contributed by atoms with Crippen molar-refractivity contribution in [2.24, 2.45) is 4.99 Å². The van der Waals surface area contributed by atoms with Crippen molar-refractivity contribution >= 4 is 5.96 Å². The maximum Gasteiger partial charge on any atom is 0.191 e. The Kier molecular flexibility index (Phi) is 9.37. The number of aliphatic imine (C=N–C) groups is 1. The first-order valence-corrected chi connectivity index (χ1v) is 7.93. The van der Waals surface area contributed by atoms with Crippen molar-refractivity contribution in [1.29, 1.82) is 0 Å². The summed E-state index contributed by atoms with van der Waals surface area (Å²) in [5, 5.41) is 6.58. The molecule has 0 aromatic rings. The fourth-order valence-corrected chi connectivity index (χ4v) is 2.17. The minimum absolute atomic E-state index is 0.0917. The first kappa shape index (κ1) is 18.2. The summed E-state index contributed by atoms with van der Waals surface area (Å²) in [5.74, 6) is 0.853. The Morgan fingerprint density at radius 3 is 2.81 bits per heavy atom. The van der Waals surface area contributed by atoms with Gasteiger partial charge in [0.2, 0.25) is 0 Å². The van der Waals surface area contributed by atoms with Crippen molar-refractivity contribution in [1.82, 2.24) is 10.6 Å². The van der Waals surface area contributed by atoms with E-state index in [4.69, 9.17) is 14.2 Å². The average molecular weight is 301 g/mol. The lowest BCUT2D eigenvalue weighted by atomic mass is 10.0. The van der Waals surface area contributed by atoms with Gasteiger partial charge in [-0.05, 0) is 33.1 Å². The Hall–Kier alpha value is -0.850. The van der Waals surface area contributed by atoms with Crippen LogP contribution in [-0.4, -0.2) is 64.7 Å². The molecular weight excluding hydrogens is 270 g/mol. The number of guanidine groups is 1. The van der Waals surface area contributed by atoms with Crippen LogP contribution in [0.15, 0.2) is 4.99 Å². The molecule has 0 spiro atoms. The van der Waals surface area contributed by atoms with E-state index in [0.717, 1.165) is 51.5 Å². The van der Waals surface area contributed by atoms with Crippen LogP contribution in [0.4, 0.5) is 0 Å². The Labute approximate surface area is 128 Å². The van der Waals surface area contributed by atoms with Gasteiger partial charge in [-0.1, -0.05) is 0 Å². The topological polar surface area (TPSA) is 64.1 Å². The largest absolute Gasteiger partial charge is 0.382 e. The summed E-state index contributed by atoms with van der Waals surface area (Å²) in [5.41, 5.74) is -0.0917. The molecule has 1 aliphatic heterocycles. The monoisotopic (exact) mass is 301 g/mol. The molecule has 1 aliphatic rings.